The fourth-order valence-electron chi connectivity index (χ4n) is 7.39. The van der Waals surface area contributed by atoms with Crippen molar-refractivity contribution in [3.8, 4) is 39.9 Å². The van der Waals surface area contributed by atoms with Crippen LogP contribution in [0.1, 0.15) is 6.85 Å². The smallest absolute Gasteiger partial charge is 0.164 e. The number of thiophene rings is 2. The first-order valence-corrected chi connectivity index (χ1v) is 18.2. The number of fused-ring (bicyclic) bond motifs is 9. The summed E-state index contributed by atoms with van der Waals surface area (Å²) in [6, 6.07) is 41.7. The molecule has 51 heavy (non-hydrogen) atoms. The van der Waals surface area contributed by atoms with Crippen LogP contribution >= 0.6 is 22.7 Å². The molecule has 0 radical (unpaired) electrons. The molecule has 0 unspecified atom stereocenters. The molecule has 0 saturated carbocycles. The van der Waals surface area contributed by atoms with Crippen molar-refractivity contribution >= 4 is 84.8 Å². The van der Waals surface area contributed by atoms with E-state index in [4.69, 9.17) is 21.8 Å². The minimum Gasteiger partial charge on any atom is -0.309 e. The second-order valence-electron chi connectivity index (χ2n) is 12.4. The van der Waals surface area contributed by atoms with Gasteiger partial charge in [-0.15, -0.1) is 22.7 Å². The van der Waals surface area contributed by atoms with Gasteiger partial charge in [0.25, 0.3) is 0 Å². The van der Waals surface area contributed by atoms with Gasteiger partial charge in [0.15, 0.2) is 17.5 Å². The van der Waals surface area contributed by atoms with Crippen LogP contribution in [0.3, 0.4) is 0 Å². The van der Waals surface area contributed by atoms with Gasteiger partial charge < -0.3 is 4.57 Å². The SMILES string of the molecule is [2H]c1c([2H])c([2H])c(-c2nc(-c3cccc4sc5ccccc5c34)nc(-c3cccc4sc5ccc(-n6c7ccccc7c7ccccc76)cc5c34)n2)c([2H])c1[2H]. The van der Waals surface area contributed by atoms with Gasteiger partial charge >= 0.3 is 0 Å². The van der Waals surface area contributed by atoms with Crippen LogP contribution in [-0.2, 0) is 0 Å². The zero-order valence-corrected chi connectivity index (χ0v) is 28.4. The van der Waals surface area contributed by atoms with Crippen molar-refractivity contribution in [2.75, 3.05) is 0 Å². The predicted molar refractivity (Wildman–Crippen MR) is 216 cm³/mol. The molecule has 6 heteroatoms. The summed E-state index contributed by atoms with van der Waals surface area (Å²) in [5.41, 5.74) is 4.72. The van der Waals surface area contributed by atoms with E-state index in [-0.39, 0.29) is 23.5 Å². The number of hydrogen-bond donors (Lipinski definition) is 0. The van der Waals surface area contributed by atoms with E-state index in [2.05, 4.69) is 95.6 Å². The molecule has 4 nitrogen and oxygen atoms in total. The Labute approximate surface area is 307 Å². The van der Waals surface area contributed by atoms with Gasteiger partial charge in [0.1, 0.15) is 0 Å². The van der Waals surface area contributed by atoms with Gasteiger partial charge in [-0.3, -0.25) is 0 Å². The summed E-state index contributed by atoms with van der Waals surface area (Å²) in [4.78, 5) is 15.1. The number of aromatic nitrogens is 4. The molecule has 238 valence electrons. The minimum atomic E-state index is -0.471. The maximum atomic E-state index is 8.89. The Balaban J connectivity index is 1.21. The quantitative estimate of drug-likeness (QED) is 0.184. The molecule has 0 aliphatic heterocycles. The Bertz CT molecular complexity index is 3380. The van der Waals surface area contributed by atoms with Crippen molar-refractivity contribution in [3.05, 3.63) is 158 Å². The average Bonchev–Trinajstić information content (AvgIpc) is 3.91. The lowest BCUT2D eigenvalue weighted by molar-refractivity contribution is 1.08. The minimum absolute atomic E-state index is 0.0149. The number of para-hydroxylation sites is 2. The Hall–Kier alpha value is -6.21. The molecule has 0 amide bonds. The molecule has 0 aliphatic carbocycles. The van der Waals surface area contributed by atoms with Crippen LogP contribution in [0, 0.1) is 0 Å². The Morgan fingerprint density at radius 3 is 1.65 bits per heavy atom. The zero-order chi connectivity index (χ0) is 37.8. The van der Waals surface area contributed by atoms with Gasteiger partial charge in [0.05, 0.1) is 17.9 Å². The second kappa shape index (κ2) is 11.2. The van der Waals surface area contributed by atoms with Gasteiger partial charge in [-0.05, 0) is 48.5 Å². The second-order valence-corrected chi connectivity index (χ2v) is 14.6. The molecule has 4 heterocycles. The van der Waals surface area contributed by atoms with Gasteiger partial charge in [0, 0.05) is 73.5 Å². The molecule has 0 spiro atoms. The van der Waals surface area contributed by atoms with E-state index in [1.54, 1.807) is 22.7 Å². The van der Waals surface area contributed by atoms with Crippen LogP contribution in [0.5, 0.6) is 0 Å². The normalized spacial score (nSPS) is 13.3. The molecule has 0 aliphatic rings. The first-order chi connectivity index (χ1) is 27.4. The first-order valence-electron chi connectivity index (χ1n) is 19.0. The lowest BCUT2D eigenvalue weighted by atomic mass is 10.0. The molecule has 0 saturated heterocycles. The van der Waals surface area contributed by atoms with Crippen molar-refractivity contribution in [3.63, 3.8) is 0 Å². The topological polar surface area (TPSA) is 43.6 Å². The largest absolute Gasteiger partial charge is 0.309 e. The summed E-state index contributed by atoms with van der Waals surface area (Å²) in [5.74, 6) is 0.718. The third-order valence-corrected chi connectivity index (χ3v) is 11.8. The van der Waals surface area contributed by atoms with E-state index >= 15 is 0 Å². The lowest BCUT2D eigenvalue weighted by Crippen LogP contribution is -2.00. The van der Waals surface area contributed by atoms with Gasteiger partial charge in [-0.2, -0.15) is 0 Å². The fourth-order valence-corrected chi connectivity index (χ4v) is 9.64. The van der Waals surface area contributed by atoms with E-state index in [9.17, 15) is 0 Å². The van der Waals surface area contributed by atoms with E-state index in [0.717, 1.165) is 68.2 Å². The summed E-state index contributed by atoms with van der Waals surface area (Å²) in [6.07, 6.45) is 0. The molecule has 11 aromatic rings. The predicted octanol–water partition coefficient (Wildman–Crippen LogP) is 12.7. The number of hydrogen-bond acceptors (Lipinski definition) is 5. The first kappa shape index (κ1) is 24.0. The van der Waals surface area contributed by atoms with Crippen LogP contribution < -0.4 is 0 Å². The van der Waals surface area contributed by atoms with Crippen LogP contribution in [-0.4, -0.2) is 19.5 Å². The summed E-state index contributed by atoms with van der Waals surface area (Å²) in [5, 5.41) is 6.44. The Morgan fingerprint density at radius 2 is 0.980 bits per heavy atom. The van der Waals surface area contributed by atoms with Crippen molar-refractivity contribution in [1.29, 1.82) is 0 Å². The Morgan fingerprint density at radius 1 is 0.451 bits per heavy atom. The van der Waals surface area contributed by atoms with Gasteiger partial charge in [-0.25, -0.2) is 15.0 Å². The van der Waals surface area contributed by atoms with E-state index in [1.165, 1.54) is 10.8 Å². The highest BCUT2D eigenvalue weighted by molar-refractivity contribution is 7.26. The van der Waals surface area contributed by atoms with Gasteiger partial charge in [-0.1, -0.05) is 109 Å². The highest BCUT2D eigenvalue weighted by Crippen LogP contribution is 2.43. The van der Waals surface area contributed by atoms with Crippen molar-refractivity contribution in [1.82, 2.24) is 19.5 Å². The summed E-state index contributed by atoms with van der Waals surface area (Å²) in [6.45, 7) is 0. The van der Waals surface area contributed by atoms with Crippen molar-refractivity contribution in [2.45, 2.75) is 0 Å². The summed E-state index contributed by atoms with van der Waals surface area (Å²) < 4.78 is 49.6. The number of nitrogens with zero attached hydrogens (tertiary/aromatic N) is 4. The maximum absolute atomic E-state index is 8.89. The fraction of sp³-hybridized carbons (Fsp3) is 0. The molecule has 4 aromatic heterocycles. The van der Waals surface area contributed by atoms with E-state index < -0.39 is 18.1 Å². The number of benzene rings is 7. The van der Waals surface area contributed by atoms with E-state index in [1.807, 2.05) is 36.4 Å². The molecule has 0 N–H and O–H groups in total. The molecular weight excluding hydrogens is 661 g/mol. The average molecular weight is 692 g/mol. The molecule has 7 aromatic carbocycles. The van der Waals surface area contributed by atoms with Crippen LogP contribution in [0.4, 0.5) is 0 Å². The molecule has 11 rings (SSSR count). The molecule has 0 atom stereocenters. The van der Waals surface area contributed by atoms with Crippen molar-refractivity contribution in [2.24, 2.45) is 0 Å². The highest BCUT2D eigenvalue weighted by Gasteiger charge is 2.20. The highest BCUT2D eigenvalue weighted by atomic mass is 32.1. The van der Waals surface area contributed by atoms with Gasteiger partial charge in [0.2, 0.25) is 0 Å². The standard InChI is InChI=1S/C45H26N4S2/c1-2-12-27(13-3-1)43-46-44(32-17-10-22-39-41(32)31-16-6-9-21-37(31)50-39)48-45(47-43)33-18-11-23-40-42(33)34-26-28(24-25-38(34)51-40)49-35-19-7-4-14-29(35)30-15-5-8-20-36(30)49/h1-26H/i1D,2D,3D,12D,13D. The lowest BCUT2D eigenvalue weighted by Gasteiger charge is -2.11. The molecule has 0 fully saturated rings. The van der Waals surface area contributed by atoms with E-state index in [0.29, 0.717) is 11.6 Å². The summed E-state index contributed by atoms with van der Waals surface area (Å²) >= 11 is 3.38. The van der Waals surface area contributed by atoms with Crippen LogP contribution in [0.2, 0.25) is 0 Å². The maximum Gasteiger partial charge on any atom is 0.164 e. The van der Waals surface area contributed by atoms with Crippen LogP contribution in [0.25, 0.3) is 102 Å². The zero-order valence-electron chi connectivity index (χ0n) is 31.7. The third-order valence-electron chi connectivity index (χ3n) is 9.56. The molecular formula is C45H26N4S2. The monoisotopic (exact) mass is 691 g/mol. The summed E-state index contributed by atoms with van der Waals surface area (Å²) in [7, 11) is 0. The Kier molecular flexibility index (Phi) is 5.25. The van der Waals surface area contributed by atoms with Crippen molar-refractivity contribution < 1.29 is 6.85 Å². The third kappa shape index (κ3) is 4.40. The van der Waals surface area contributed by atoms with Crippen LogP contribution in [0.15, 0.2) is 158 Å². The molecule has 0 bridgehead atoms. The number of rotatable bonds is 4.